The maximum absolute atomic E-state index is 14.1. The molecular weight excluding hydrogens is 453 g/mol. The molecule has 1 unspecified atom stereocenters. The van der Waals surface area contributed by atoms with Gasteiger partial charge in [0.05, 0.1) is 16.9 Å². The molecule has 0 saturated carbocycles. The Labute approximate surface area is 210 Å². The predicted octanol–water partition coefficient (Wildman–Crippen LogP) is 6.94. The van der Waals surface area contributed by atoms with Gasteiger partial charge in [-0.2, -0.15) is 0 Å². The van der Waals surface area contributed by atoms with Crippen LogP contribution in [-0.4, -0.2) is 35.4 Å². The summed E-state index contributed by atoms with van der Waals surface area (Å²) in [6.07, 6.45) is 1.63. The summed E-state index contributed by atoms with van der Waals surface area (Å²) in [4.78, 5) is 20.6. The topological polar surface area (TPSA) is 74.6 Å². The highest BCUT2D eigenvalue weighted by Crippen LogP contribution is 2.35. The van der Waals surface area contributed by atoms with E-state index in [9.17, 15) is 14.3 Å². The van der Waals surface area contributed by atoms with E-state index in [1.165, 1.54) is 17.7 Å². The normalized spacial score (nSPS) is 12.7. The molecule has 0 aliphatic rings. The van der Waals surface area contributed by atoms with Crippen LogP contribution in [0, 0.1) is 5.82 Å². The van der Waals surface area contributed by atoms with Crippen molar-refractivity contribution in [1.29, 1.82) is 0 Å². The first kappa shape index (κ1) is 25.0. The molecule has 4 rings (SSSR count). The number of nitrogens with zero attached hydrogens (tertiary/aromatic N) is 2. The molecule has 0 radical (unpaired) electrons. The van der Waals surface area contributed by atoms with Crippen molar-refractivity contribution < 1.29 is 14.3 Å². The summed E-state index contributed by atoms with van der Waals surface area (Å²) in [5.74, 6) is -1.44. The first-order valence-corrected chi connectivity index (χ1v) is 11.8. The van der Waals surface area contributed by atoms with E-state index in [1.54, 1.807) is 26.3 Å². The lowest BCUT2D eigenvalue weighted by Gasteiger charge is -2.19. The largest absolute Gasteiger partial charge is 0.480 e. The Bertz CT molecular complexity index is 1440. The van der Waals surface area contributed by atoms with E-state index in [0.717, 1.165) is 16.7 Å². The molecule has 0 spiro atoms. The van der Waals surface area contributed by atoms with Crippen LogP contribution >= 0.6 is 0 Å². The standard InChI is InChI=1S/C30H30FN3O2/c1-18(29(35)36)33-28-24-16-23(31)14-15-26(24)34-27(25(28)17-32-5)21-8-6-19(7-9-21)20-10-12-22(13-11-20)30(2,3)4/h6-18H,1-5H3,(H,33,34)(H,35,36). The molecule has 1 aromatic heterocycles. The third kappa shape index (κ3) is 5.13. The van der Waals surface area contributed by atoms with Gasteiger partial charge in [0.25, 0.3) is 0 Å². The fraction of sp³-hybridized carbons (Fsp3) is 0.233. The van der Waals surface area contributed by atoms with E-state index in [4.69, 9.17) is 4.98 Å². The molecule has 0 bridgehead atoms. The van der Waals surface area contributed by atoms with Gasteiger partial charge in [0, 0.05) is 29.8 Å². The zero-order valence-corrected chi connectivity index (χ0v) is 21.1. The second-order valence-electron chi connectivity index (χ2n) is 9.91. The van der Waals surface area contributed by atoms with Gasteiger partial charge in [-0.15, -0.1) is 0 Å². The SMILES string of the molecule is CN=Cc1c(-c2ccc(-c3ccc(C(C)(C)C)cc3)cc2)nc2ccc(F)cc2c1NC(C)C(=O)O. The summed E-state index contributed by atoms with van der Waals surface area (Å²) in [6, 6.07) is 20.0. The summed E-state index contributed by atoms with van der Waals surface area (Å²) in [5.41, 5.74) is 6.68. The van der Waals surface area contributed by atoms with Gasteiger partial charge in [-0.05, 0) is 47.2 Å². The number of carboxylic acid groups (broad SMARTS) is 1. The average Bonchev–Trinajstić information content (AvgIpc) is 2.85. The molecule has 184 valence electrons. The maximum atomic E-state index is 14.1. The number of carboxylic acids is 1. The van der Waals surface area contributed by atoms with Crippen LogP contribution in [0.3, 0.4) is 0 Å². The Morgan fingerprint density at radius 2 is 1.58 bits per heavy atom. The number of carbonyl (C=O) groups is 1. The van der Waals surface area contributed by atoms with Crippen LogP contribution in [0.25, 0.3) is 33.3 Å². The lowest BCUT2D eigenvalue weighted by atomic mass is 9.86. The number of fused-ring (bicyclic) bond motifs is 1. The summed E-state index contributed by atoms with van der Waals surface area (Å²) < 4.78 is 14.1. The number of benzene rings is 3. The molecule has 6 heteroatoms. The average molecular weight is 484 g/mol. The van der Waals surface area contributed by atoms with Crippen LogP contribution in [0.1, 0.15) is 38.8 Å². The number of aromatic nitrogens is 1. The van der Waals surface area contributed by atoms with Crippen LogP contribution in [0.15, 0.2) is 71.7 Å². The molecule has 3 aromatic carbocycles. The Morgan fingerprint density at radius 1 is 1.00 bits per heavy atom. The molecule has 0 saturated heterocycles. The summed E-state index contributed by atoms with van der Waals surface area (Å²) in [6.45, 7) is 8.12. The van der Waals surface area contributed by atoms with Crippen molar-refractivity contribution in [2.24, 2.45) is 4.99 Å². The van der Waals surface area contributed by atoms with E-state index < -0.39 is 17.8 Å². The van der Waals surface area contributed by atoms with Crippen molar-refractivity contribution in [2.45, 2.75) is 39.2 Å². The molecule has 1 heterocycles. The van der Waals surface area contributed by atoms with Crippen LogP contribution in [0.4, 0.5) is 10.1 Å². The van der Waals surface area contributed by atoms with Crippen LogP contribution < -0.4 is 5.32 Å². The van der Waals surface area contributed by atoms with Gasteiger partial charge in [-0.25, -0.2) is 9.37 Å². The molecular formula is C30H30FN3O2. The van der Waals surface area contributed by atoms with E-state index in [-0.39, 0.29) is 5.41 Å². The van der Waals surface area contributed by atoms with Crippen molar-refractivity contribution in [1.82, 2.24) is 4.98 Å². The third-order valence-corrected chi connectivity index (χ3v) is 6.22. The summed E-state index contributed by atoms with van der Waals surface area (Å²) in [7, 11) is 1.63. The van der Waals surface area contributed by atoms with Crippen LogP contribution in [0.2, 0.25) is 0 Å². The molecule has 2 N–H and O–H groups in total. The highest BCUT2D eigenvalue weighted by molar-refractivity contribution is 6.07. The number of hydrogen-bond donors (Lipinski definition) is 2. The molecule has 5 nitrogen and oxygen atoms in total. The van der Waals surface area contributed by atoms with E-state index >= 15 is 0 Å². The first-order valence-electron chi connectivity index (χ1n) is 11.8. The zero-order chi connectivity index (χ0) is 26.0. The van der Waals surface area contributed by atoms with Gasteiger partial charge >= 0.3 is 5.97 Å². The molecule has 1 atom stereocenters. The maximum Gasteiger partial charge on any atom is 0.325 e. The van der Waals surface area contributed by atoms with Crippen molar-refractivity contribution in [3.05, 3.63) is 83.7 Å². The number of anilines is 1. The number of aliphatic carboxylic acids is 1. The molecule has 0 aliphatic carbocycles. The Kier molecular flexibility index (Phi) is 6.88. The first-order chi connectivity index (χ1) is 17.1. The van der Waals surface area contributed by atoms with Crippen molar-refractivity contribution in [3.8, 4) is 22.4 Å². The third-order valence-electron chi connectivity index (χ3n) is 6.22. The minimum absolute atomic E-state index is 0.0914. The molecule has 0 amide bonds. The predicted molar refractivity (Wildman–Crippen MR) is 146 cm³/mol. The van der Waals surface area contributed by atoms with Crippen molar-refractivity contribution in [3.63, 3.8) is 0 Å². The number of hydrogen-bond acceptors (Lipinski definition) is 4. The Balaban J connectivity index is 1.83. The number of nitrogens with one attached hydrogen (secondary N) is 1. The van der Waals surface area contributed by atoms with Gasteiger partial charge in [0.15, 0.2) is 0 Å². The minimum Gasteiger partial charge on any atom is -0.480 e. The second kappa shape index (κ2) is 9.90. The minimum atomic E-state index is -1.01. The number of aliphatic imine (C=N–C) groups is 1. The van der Waals surface area contributed by atoms with Crippen molar-refractivity contribution in [2.75, 3.05) is 12.4 Å². The molecule has 4 aromatic rings. The zero-order valence-electron chi connectivity index (χ0n) is 21.1. The Morgan fingerprint density at radius 3 is 2.14 bits per heavy atom. The fourth-order valence-corrected chi connectivity index (χ4v) is 4.14. The van der Waals surface area contributed by atoms with Gasteiger partial charge in [0.1, 0.15) is 11.9 Å². The monoisotopic (exact) mass is 483 g/mol. The number of pyridine rings is 1. The summed E-state index contributed by atoms with van der Waals surface area (Å²) >= 11 is 0. The summed E-state index contributed by atoms with van der Waals surface area (Å²) in [5, 5.41) is 13.0. The number of halogens is 1. The smallest absolute Gasteiger partial charge is 0.325 e. The van der Waals surface area contributed by atoms with Gasteiger partial charge < -0.3 is 10.4 Å². The molecule has 0 fully saturated rings. The van der Waals surface area contributed by atoms with Crippen molar-refractivity contribution >= 4 is 28.8 Å². The second-order valence-corrected chi connectivity index (χ2v) is 9.91. The van der Waals surface area contributed by atoms with Gasteiger partial charge in [-0.1, -0.05) is 69.3 Å². The fourth-order valence-electron chi connectivity index (χ4n) is 4.14. The molecule has 36 heavy (non-hydrogen) atoms. The number of rotatable bonds is 6. The van der Waals surface area contributed by atoms with E-state index in [2.05, 4.69) is 55.3 Å². The quantitative estimate of drug-likeness (QED) is 0.291. The lowest BCUT2D eigenvalue weighted by molar-refractivity contribution is -0.137. The van der Waals surface area contributed by atoms with Crippen LogP contribution in [-0.2, 0) is 10.2 Å². The Hall–Kier alpha value is -4.06. The highest BCUT2D eigenvalue weighted by atomic mass is 19.1. The lowest BCUT2D eigenvalue weighted by Crippen LogP contribution is -2.26. The highest BCUT2D eigenvalue weighted by Gasteiger charge is 2.20. The van der Waals surface area contributed by atoms with E-state index in [1.807, 2.05) is 24.3 Å². The van der Waals surface area contributed by atoms with E-state index in [0.29, 0.717) is 27.8 Å². The van der Waals surface area contributed by atoms with Crippen LogP contribution in [0.5, 0.6) is 0 Å². The van der Waals surface area contributed by atoms with Gasteiger partial charge in [-0.3, -0.25) is 9.79 Å². The molecule has 0 aliphatic heterocycles. The van der Waals surface area contributed by atoms with Gasteiger partial charge in [0.2, 0.25) is 0 Å².